The molecule has 2 heterocycles. The number of nitrogens with zero attached hydrogens (tertiary/aromatic N) is 2. The zero-order valence-corrected chi connectivity index (χ0v) is 19.2. The van der Waals surface area contributed by atoms with Gasteiger partial charge in [0.1, 0.15) is 17.3 Å². The number of carbonyl (C=O) groups excluding carboxylic acids is 2. The fraction of sp³-hybridized carbons (Fsp3) is 0.458. The van der Waals surface area contributed by atoms with Gasteiger partial charge in [0.05, 0.1) is 25.8 Å². The van der Waals surface area contributed by atoms with Crippen molar-refractivity contribution in [2.24, 2.45) is 11.8 Å². The van der Waals surface area contributed by atoms with E-state index in [1.54, 1.807) is 31.3 Å². The topological polar surface area (TPSA) is 92.8 Å². The van der Waals surface area contributed by atoms with Gasteiger partial charge in [0.2, 0.25) is 5.91 Å². The van der Waals surface area contributed by atoms with Crippen LogP contribution in [0.1, 0.15) is 26.7 Å². The Balaban J connectivity index is 1.67. The van der Waals surface area contributed by atoms with E-state index < -0.39 is 0 Å². The Bertz CT molecular complexity index is 925. The number of methoxy groups -OCH3 is 2. The highest BCUT2D eigenvalue weighted by Gasteiger charge is 2.28. The van der Waals surface area contributed by atoms with Crippen LogP contribution in [-0.4, -0.2) is 55.7 Å². The van der Waals surface area contributed by atoms with Gasteiger partial charge >= 0.3 is 6.03 Å². The van der Waals surface area contributed by atoms with Crippen LogP contribution in [0.3, 0.4) is 0 Å². The maximum atomic E-state index is 12.9. The van der Waals surface area contributed by atoms with E-state index in [9.17, 15) is 9.59 Å². The van der Waals surface area contributed by atoms with Crippen LogP contribution in [0.4, 0.5) is 10.6 Å². The number of amides is 3. The molecule has 1 aromatic carbocycles. The molecule has 8 nitrogen and oxygen atoms in total. The highest BCUT2D eigenvalue weighted by molar-refractivity contribution is 5.92. The van der Waals surface area contributed by atoms with Crippen LogP contribution in [-0.2, 0) is 4.79 Å². The largest absolute Gasteiger partial charge is 0.497 e. The van der Waals surface area contributed by atoms with E-state index in [0.29, 0.717) is 48.6 Å². The molecular formula is C24H32N4O4. The summed E-state index contributed by atoms with van der Waals surface area (Å²) in [4.78, 5) is 31.6. The summed E-state index contributed by atoms with van der Waals surface area (Å²) >= 11 is 0. The zero-order chi connectivity index (χ0) is 23.1. The smallest absolute Gasteiger partial charge is 0.317 e. The Morgan fingerprint density at radius 1 is 1.16 bits per heavy atom. The third-order valence-electron chi connectivity index (χ3n) is 5.39. The lowest BCUT2D eigenvalue weighted by Gasteiger charge is -2.32. The average Bonchev–Trinajstić information content (AvgIpc) is 2.82. The molecule has 0 spiro atoms. The van der Waals surface area contributed by atoms with Gasteiger partial charge in [-0.05, 0) is 43.0 Å². The molecule has 1 fully saturated rings. The van der Waals surface area contributed by atoms with Crippen LogP contribution < -0.4 is 20.1 Å². The standard InChI is InChI=1S/C24H32N4O4/c1-16(2)14-25-24(30)28-10-6-7-17(15-28)23(29)27-22-9-5-8-21(26-22)18-11-19(31-3)13-20(12-18)32-4/h5,8-9,11-13,16-17H,6-7,10,14-15H2,1-4H3,(H,25,30)(H,26,27,29). The molecule has 32 heavy (non-hydrogen) atoms. The van der Waals surface area contributed by atoms with E-state index in [-0.39, 0.29) is 17.9 Å². The third-order valence-corrected chi connectivity index (χ3v) is 5.39. The number of hydrogen-bond donors (Lipinski definition) is 2. The number of piperidine rings is 1. The number of ether oxygens (including phenoxy) is 2. The summed E-state index contributed by atoms with van der Waals surface area (Å²) in [5, 5.41) is 5.85. The van der Waals surface area contributed by atoms with E-state index in [0.717, 1.165) is 18.4 Å². The number of hydrogen-bond acceptors (Lipinski definition) is 5. The van der Waals surface area contributed by atoms with Gasteiger partial charge < -0.3 is 25.0 Å². The predicted molar refractivity (Wildman–Crippen MR) is 124 cm³/mol. The number of benzene rings is 1. The Hall–Kier alpha value is -3.29. The molecule has 0 bridgehead atoms. The summed E-state index contributed by atoms with van der Waals surface area (Å²) in [5.74, 6) is 1.78. The molecule has 3 amide bonds. The number of aromatic nitrogens is 1. The van der Waals surface area contributed by atoms with Gasteiger partial charge in [-0.1, -0.05) is 19.9 Å². The molecule has 1 atom stereocenters. The molecule has 0 radical (unpaired) electrons. The van der Waals surface area contributed by atoms with Crippen molar-refractivity contribution < 1.29 is 19.1 Å². The molecule has 1 unspecified atom stereocenters. The summed E-state index contributed by atoms with van der Waals surface area (Å²) < 4.78 is 10.7. The maximum Gasteiger partial charge on any atom is 0.317 e. The second kappa shape index (κ2) is 10.8. The van der Waals surface area contributed by atoms with Crippen molar-refractivity contribution >= 4 is 17.8 Å². The van der Waals surface area contributed by atoms with Crippen molar-refractivity contribution in [2.75, 3.05) is 39.2 Å². The van der Waals surface area contributed by atoms with Gasteiger partial charge in [-0.2, -0.15) is 0 Å². The minimum absolute atomic E-state index is 0.108. The highest BCUT2D eigenvalue weighted by Crippen LogP contribution is 2.29. The number of pyridine rings is 1. The first-order chi connectivity index (χ1) is 15.4. The quantitative estimate of drug-likeness (QED) is 0.684. The summed E-state index contributed by atoms with van der Waals surface area (Å²) in [5.41, 5.74) is 1.52. The average molecular weight is 441 g/mol. The number of likely N-dealkylation sites (tertiary alicyclic amines) is 1. The van der Waals surface area contributed by atoms with E-state index >= 15 is 0 Å². The molecule has 3 rings (SSSR count). The van der Waals surface area contributed by atoms with E-state index in [1.807, 2.05) is 24.3 Å². The molecule has 1 aliphatic heterocycles. The first-order valence-electron chi connectivity index (χ1n) is 10.9. The minimum atomic E-state index is -0.268. The van der Waals surface area contributed by atoms with Gasteiger partial charge in [0, 0.05) is 31.3 Å². The monoisotopic (exact) mass is 440 g/mol. The van der Waals surface area contributed by atoms with Crippen LogP contribution in [0, 0.1) is 11.8 Å². The highest BCUT2D eigenvalue weighted by atomic mass is 16.5. The van der Waals surface area contributed by atoms with Crippen molar-refractivity contribution in [3.05, 3.63) is 36.4 Å². The molecule has 1 aliphatic rings. The number of anilines is 1. The Labute approximate surface area is 189 Å². The lowest BCUT2D eigenvalue weighted by atomic mass is 9.97. The summed E-state index contributed by atoms with van der Waals surface area (Å²) in [6.45, 7) is 5.80. The SMILES string of the molecule is COc1cc(OC)cc(-c2cccc(NC(=O)C3CCCN(C(=O)NCC(C)C)C3)n2)c1. The van der Waals surface area contributed by atoms with Gasteiger partial charge in [-0.3, -0.25) is 4.79 Å². The number of carbonyl (C=O) groups is 2. The first-order valence-corrected chi connectivity index (χ1v) is 10.9. The van der Waals surface area contributed by atoms with E-state index in [2.05, 4.69) is 29.5 Å². The molecule has 2 aromatic rings. The van der Waals surface area contributed by atoms with Crippen LogP contribution in [0.2, 0.25) is 0 Å². The van der Waals surface area contributed by atoms with E-state index in [4.69, 9.17) is 9.47 Å². The molecule has 2 N–H and O–H groups in total. The van der Waals surface area contributed by atoms with Crippen molar-refractivity contribution in [1.82, 2.24) is 15.2 Å². The van der Waals surface area contributed by atoms with Gasteiger partial charge in [-0.25, -0.2) is 9.78 Å². The van der Waals surface area contributed by atoms with E-state index in [1.165, 1.54) is 0 Å². The Kier molecular flexibility index (Phi) is 7.92. The zero-order valence-electron chi connectivity index (χ0n) is 19.2. The fourth-order valence-electron chi connectivity index (χ4n) is 3.63. The normalized spacial score (nSPS) is 15.9. The molecule has 0 aliphatic carbocycles. The molecule has 0 saturated carbocycles. The maximum absolute atomic E-state index is 12.9. The number of nitrogens with one attached hydrogen (secondary N) is 2. The summed E-state index contributed by atoms with van der Waals surface area (Å²) in [7, 11) is 3.19. The van der Waals surface area contributed by atoms with Crippen LogP contribution in [0.25, 0.3) is 11.3 Å². The summed E-state index contributed by atoms with van der Waals surface area (Å²) in [6.07, 6.45) is 1.54. The van der Waals surface area contributed by atoms with Crippen LogP contribution >= 0.6 is 0 Å². The number of rotatable bonds is 7. The predicted octanol–water partition coefficient (Wildman–Crippen LogP) is 3.78. The number of urea groups is 1. The fourth-order valence-corrected chi connectivity index (χ4v) is 3.63. The second-order valence-electron chi connectivity index (χ2n) is 8.36. The lowest BCUT2D eigenvalue weighted by molar-refractivity contribution is -0.121. The van der Waals surface area contributed by atoms with Crippen molar-refractivity contribution in [3.63, 3.8) is 0 Å². The Morgan fingerprint density at radius 3 is 2.53 bits per heavy atom. The van der Waals surface area contributed by atoms with Crippen molar-refractivity contribution in [1.29, 1.82) is 0 Å². The second-order valence-corrected chi connectivity index (χ2v) is 8.36. The van der Waals surface area contributed by atoms with Gasteiger partial charge in [0.15, 0.2) is 0 Å². The van der Waals surface area contributed by atoms with Crippen LogP contribution in [0.15, 0.2) is 36.4 Å². The first kappa shape index (κ1) is 23.4. The minimum Gasteiger partial charge on any atom is -0.497 e. The molecule has 8 heteroatoms. The lowest BCUT2D eigenvalue weighted by Crippen LogP contribution is -2.48. The van der Waals surface area contributed by atoms with Gasteiger partial charge in [0.25, 0.3) is 0 Å². The molecule has 172 valence electrons. The third kappa shape index (κ3) is 6.12. The van der Waals surface area contributed by atoms with Crippen molar-refractivity contribution in [2.45, 2.75) is 26.7 Å². The Morgan fingerprint density at radius 2 is 1.88 bits per heavy atom. The summed E-state index contributed by atoms with van der Waals surface area (Å²) in [6, 6.07) is 10.9. The molecule has 1 saturated heterocycles. The molecular weight excluding hydrogens is 408 g/mol. The van der Waals surface area contributed by atoms with Crippen LogP contribution in [0.5, 0.6) is 11.5 Å². The molecule has 1 aromatic heterocycles. The van der Waals surface area contributed by atoms with Crippen molar-refractivity contribution in [3.8, 4) is 22.8 Å². The van der Waals surface area contributed by atoms with Gasteiger partial charge in [-0.15, -0.1) is 0 Å².